The van der Waals surface area contributed by atoms with Gasteiger partial charge in [0.05, 0.1) is 0 Å². The van der Waals surface area contributed by atoms with E-state index in [1.165, 1.54) is 0 Å². The van der Waals surface area contributed by atoms with Gasteiger partial charge in [-0.1, -0.05) is 13.8 Å². The van der Waals surface area contributed by atoms with Gasteiger partial charge in [-0.25, -0.2) is 0 Å². The Bertz CT molecular complexity index is 245. The molecule has 0 aromatic carbocycles. The van der Waals surface area contributed by atoms with Gasteiger partial charge in [0.2, 0.25) is 2.14 Å². The van der Waals surface area contributed by atoms with Gasteiger partial charge < -0.3 is 4.90 Å². The highest BCUT2D eigenvalue weighted by molar-refractivity contribution is 9.40. The summed E-state index contributed by atoms with van der Waals surface area (Å²) in [5.41, 5.74) is 0. The lowest BCUT2D eigenvalue weighted by Gasteiger charge is -2.36. The number of nitrogens with zero attached hydrogens (tertiary/aromatic N) is 2. The van der Waals surface area contributed by atoms with E-state index in [1.54, 1.807) is 0 Å². The summed E-state index contributed by atoms with van der Waals surface area (Å²) in [7, 11) is 0. The monoisotopic (exact) mass is 418 g/mol. The Labute approximate surface area is 122 Å². The molecule has 1 aliphatic rings. The van der Waals surface area contributed by atoms with E-state index in [9.17, 15) is 4.79 Å². The van der Waals surface area contributed by atoms with Gasteiger partial charge in [-0.3, -0.25) is 9.69 Å². The van der Waals surface area contributed by atoms with Gasteiger partial charge in [-0.2, -0.15) is 0 Å². The van der Waals surface area contributed by atoms with Crippen molar-refractivity contribution in [2.24, 2.45) is 5.92 Å². The zero-order valence-electron chi connectivity index (χ0n) is 9.55. The molecule has 0 saturated carbocycles. The number of halogens is 3. The zero-order valence-corrected chi connectivity index (χ0v) is 14.3. The summed E-state index contributed by atoms with van der Waals surface area (Å²) < 4.78 is -0.798. The van der Waals surface area contributed by atoms with E-state index in [0.717, 1.165) is 32.7 Å². The third-order valence-electron chi connectivity index (χ3n) is 2.53. The van der Waals surface area contributed by atoms with E-state index in [1.807, 2.05) is 4.90 Å². The van der Waals surface area contributed by atoms with Crippen molar-refractivity contribution in [3.05, 3.63) is 0 Å². The van der Waals surface area contributed by atoms with Crippen molar-refractivity contribution in [3.63, 3.8) is 0 Å². The average molecular weight is 421 g/mol. The maximum absolute atomic E-state index is 11.9. The molecular formula is C10H17Br3N2O. The van der Waals surface area contributed by atoms with Crippen LogP contribution >= 0.6 is 47.8 Å². The van der Waals surface area contributed by atoms with E-state index in [4.69, 9.17) is 0 Å². The van der Waals surface area contributed by atoms with Gasteiger partial charge in [-0.15, -0.1) is 0 Å². The Hall–Kier alpha value is 0.870. The first-order valence-electron chi connectivity index (χ1n) is 5.39. The Kier molecular flexibility index (Phi) is 5.75. The SMILES string of the molecule is CC(C)CN1CCN(C(=O)C(Br)(Br)Br)CC1. The Morgan fingerprint density at radius 3 is 2.06 bits per heavy atom. The summed E-state index contributed by atoms with van der Waals surface area (Å²) in [5.74, 6) is 0.724. The third-order valence-corrected chi connectivity index (χ3v) is 3.54. The van der Waals surface area contributed by atoms with Gasteiger partial charge in [0.15, 0.2) is 0 Å². The maximum atomic E-state index is 11.9. The van der Waals surface area contributed by atoms with Crippen LogP contribution in [-0.4, -0.2) is 50.6 Å². The summed E-state index contributed by atoms with van der Waals surface area (Å²) in [6, 6.07) is 0. The predicted molar refractivity (Wildman–Crippen MR) is 77.4 cm³/mol. The quantitative estimate of drug-likeness (QED) is 0.641. The van der Waals surface area contributed by atoms with Crippen LogP contribution in [0.5, 0.6) is 0 Å². The van der Waals surface area contributed by atoms with Gasteiger partial charge >= 0.3 is 0 Å². The summed E-state index contributed by atoms with van der Waals surface area (Å²) in [5, 5.41) is 0. The lowest BCUT2D eigenvalue weighted by Crippen LogP contribution is -2.51. The number of alkyl halides is 3. The van der Waals surface area contributed by atoms with Crippen LogP contribution in [0.25, 0.3) is 0 Å². The molecule has 0 aliphatic carbocycles. The molecule has 3 nitrogen and oxygen atoms in total. The van der Waals surface area contributed by atoms with E-state index in [0.29, 0.717) is 5.92 Å². The highest BCUT2D eigenvalue weighted by atomic mass is 80.0. The second kappa shape index (κ2) is 6.16. The fourth-order valence-electron chi connectivity index (χ4n) is 1.83. The largest absolute Gasteiger partial charge is 0.337 e. The highest BCUT2D eigenvalue weighted by Gasteiger charge is 2.34. The van der Waals surface area contributed by atoms with Crippen molar-refractivity contribution in [1.82, 2.24) is 9.80 Å². The van der Waals surface area contributed by atoms with Crippen LogP contribution in [0.3, 0.4) is 0 Å². The maximum Gasteiger partial charge on any atom is 0.261 e. The minimum atomic E-state index is -0.798. The number of carbonyl (C=O) groups is 1. The van der Waals surface area contributed by atoms with Crippen molar-refractivity contribution in [2.45, 2.75) is 16.0 Å². The summed E-state index contributed by atoms with van der Waals surface area (Å²) >= 11 is 9.79. The first kappa shape index (κ1) is 14.9. The Morgan fingerprint density at radius 1 is 1.19 bits per heavy atom. The topological polar surface area (TPSA) is 23.6 Å². The molecular weight excluding hydrogens is 404 g/mol. The molecule has 1 saturated heterocycles. The highest BCUT2D eigenvalue weighted by Crippen LogP contribution is 2.35. The molecule has 0 bridgehead atoms. The number of hydrogen-bond donors (Lipinski definition) is 0. The fourth-order valence-corrected chi connectivity index (χ4v) is 2.58. The Balaban J connectivity index is 2.40. The van der Waals surface area contributed by atoms with Gasteiger partial charge in [0.25, 0.3) is 5.91 Å². The minimum Gasteiger partial charge on any atom is -0.337 e. The molecule has 0 aromatic heterocycles. The van der Waals surface area contributed by atoms with Crippen LogP contribution < -0.4 is 0 Å². The van der Waals surface area contributed by atoms with Crippen molar-refractivity contribution in [1.29, 1.82) is 0 Å². The molecule has 6 heteroatoms. The molecule has 1 heterocycles. The van der Waals surface area contributed by atoms with E-state index >= 15 is 0 Å². The second-order valence-electron chi connectivity index (χ2n) is 4.48. The number of piperazine rings is 1. The predicted octanol–water partition coefficient (Wildman–Crippen LogP) is 2.63. The van der Waals surface area contributed by atoms with Crippen LogP contribution in [-0.2, 0) is 4.79 Å². The third kappa shape index (κ3) is 4.63. The average Bonchev–Trinajstić information content (AvgIpc) is 2.15. The molecule has 1 fully saturated rings. The van der Waals surface area contributed by atoms with Crippen LogP contribution in [0, 0.1) is 5.92 Å². The van der Waals surface area contributed by atoms with Gasteiger partial charge in [-0.05, 0) is 53.7 Å². The van der Waals surface area contributed by atoms with E-state index in [-0.39, 0.29) is 5.91 Å². The second-order valence-corrected chi connectivity index (χ2v) is 11.2. The molecule has 0 atom stereocenters. The Morgan fingerprint density at radius 2 is 1.69 bits per heavy atom. The smallest absolute Gasteiger partial charge is 0.261 e. The summed E-state index contributed by atoms with van der Waals surface area (Å²) in [4.78, 5) is 16.2. The van der Waals surface area contributed by atoms with Gasteiger partial charge in [0.1, 0.15) is 0 Å². The molecule has 1 amide bonds. The van der Waals surface area contributed by atoms with Crippen LogP contribution in [0.2, 0.25) is 0 Å². The molecule has 1 aliphatic heterocycles. The number of rotatable bonds is 2. The van der Waals surface area contributed by atoms with Crippen molar-refractivity contribution < 1.29 is 4.79 Å². The summed E-state index contributed by atoms with van der Waals surface area (Å²) in [6.07, 6.45) is 0. The molecule has 0 unspecified atom stereocenters. The minimum absolute atomic E-state index is 0.0386. The lowest BCUT2D eigenvalue weighted by atomic mass is 10.2. The first-order valence-corrected chi connectivity index (χ1v) is 7.77. The molecule has 0 N–H and O–H groups in total. The molecule has 0 aromatic rings. The molecule has 1 rings (SSSR count). The number of carbonyl (C=O) groups excluding carboxylic acids is 1. The van der Waals surface area contributed by atoms with Crippen LogP contribution in [0.15, 0.2) is 0 Å². The van der Waals surface area contributed by atoms with E-state index < -0.39 is 2.14 Å². The van der Waals surface area contributed by atoms with E-state index in [2.05, 4.69) is 66.5 Å². The molecule has 0 radical (unpaired) electrons. The summed E-state index contributed by atoms with van der Waals surface area (Å²) in [6.45, 7) is 9.09. The zero-order chi connectivity index (χ0) is 12.3. The molecule has 0 spiro atoms. The van der Waals surface area contributed by atoms with Crippen molar-refractivity contribution >= 4 is 53.7 Å². The normalized spacial score (nSPS) is 19.2. The van der Waals surface area contributed by atoms with Crippen LogP contribution in [0.1, 0.15) is 13.8 Å². The standard InChI is InChI=1S/C10H17Br3N2O/c1-8(2)7-14-3-5-15(6-4-14)9(16)10(11,12)13/h8H,3-7H2,1-2H3. The van der Waals surface area contributed by atoms with Crippen molar-refractivity contribution in [2.75, 3.05) is 32.7 Å². The lowest BCUT2D eigenvalue weighted by molar-refractivity contribution is -0.131. The fraction of sp³-hybridized carbons (Fsp3) is 0.900. The van der Waals surface area contributed by atoms with Crippen molar-refractivity contribution in [3.8, 4) is 0 Å². The molecule has 16 heavy (non-hydrogen) atoms. The van der Waals surface area contributed by atoms with Gasteiger partial charge in [0, 0.05) is 32.7 Å². The number of hydrogen-bond acceptors (Lipinski definition) is 2. The van der Waals surface area contributed by atoms with Crippen LogP contribution in [0.4, 0.5) is 0 Å². The number of amides is 1. The molecule has 94 valence electrons. The first-order chi connectivity index (χ1) is 7.30.